The van der Waals surface area contributed by atoms with E-state index in [4.69, 9.17) is 9.84 Å². The zero-order valence-corrected chi connectivity index (χ0v) is 9.47. The highest BCUT2D eigenvalue weighted by Crippen LogP contribution is 2.23. The molecule has 0 aliphatic carbocycles. The van der Waals surface area contributed by atoms with Crippen LogP contribution in [0, 0.1) is 0 Å². The van der Waals surface area contributed by atoms with Crippen LogP contribution < -0.4 is 10.1 Å². The summed E-state index contributed by atoms with van der Waals surface area (Å²) in [7, 11) is 0. The summed E-state index contributed by atoms with van der Waals surface area (Å²) in [6.07, 6.45) is 0. The van der Waals surface area contributed by atoms with Crippen molar-refractivity contribution >= 4 is 5.69 Å². The van der Waals surface area contributed by atoms with E-state index < -0.39 is 0 Å². The van der Waals surface area contributed by atoms with E-state index in [1.807, 2.05) is 54.6 Å². The first-order valence-corrected chi connectivity index (χ1v) is 5.56. The summed E-state index contributed by atoms with van der Waals surface area (Å²) >= 11 is 0. The average Bonchev–Trinajstić information content (AvgIpc) is 2.38. The molecule has 2 aromatic rings. The maximum absolute atomic E-state index is 8.74. The van der Waals surface area contributed by atoms with Crippen LogP contribution in [0.3, 0.4) is 0 Å². The van der Waals surface area contributed by atoms with Crippen LogP contribution >= 0.6 is 0 Å². The molecule has 0 aliphatic rings. The third-order valence-corrected chi connectivity index (χ3v) is 2.25. The molecule has 0 atom stereocenters. The van der Waals surface area contributed by atoms with Crippen molar-refractivity contribution in [2.75, 3.05) is 18.5 Å². The second-order valence-electron chi connectivity index (χ2n) is 3.59. The maximum Gasteiger partial charge on any atom is 0.129 e. The van der Waals surface area contributed by atoms with Crippen LogP contribution in [0.25, 0.3) is 0 Å². The number of nitrogens with one attached hydrogen (secondary N) is 1. The fourth-order valence-electron chi connectivity index (χ4n) is 1.49. The number of rotatable bonds is 5. The highest BCUT2D eigenvalue weighted by atomic mass is 16.5. The highest BCUT2D eigenvalue weighted by Gasteiger charge is 1.97. The van der Waals surface area contributed by atoms with Crippen molar-refractivity contribution in [3.8, 4) is 11.5 Å². The lowest BCUT2D eigenvalue weighted by Crippen LogP contribution is -2.05. The third-order valence-electron chi connectivity index (χ3n) is 2.25. The van der Waals surface area contributed by atoms with Crippen molar-refractivity contribution in [2.24, 2.45) is 0 Å². The number of aliphatic hydroxyl groups excluding tert-OH is 1. The van der Waals surface area contributed by atoms with Gasteiger partial charge in [0.15, 0.2) is 0 Å². The Hall–Kier alpha value is -2.00. The van der Waals surface area contributed by atoms with E-state index in [1.54, 1.807) is 0 Å². The first-order valence-electron chi connectivity index (χ1n) is 5.56. The summed E-state index contributed by atoms with van der Waals surface area (Å²) in [5, 5.41) is 11.8. The van der Waals surface area contributed by atoms with Gasteiger partial charge in [-0.25, -0.2) is 0 Å². The molecule has 0 saturated carbocycles. The smallest absolute Gasteiger partial charge is 0.129 e. The van der Waals surface area contributed by atoms with Crippen LogP contribution in [0.5, 0.6) is 11.5 Å². The summed E-state index contributed by atoms with van der Waals surface area (Å²) in [4.78, 5) is 0. The average molecular weight is 229 g/mol. The maximum atomic E-state index is 8.74. The van der Waals surface area contributed by atoms with Gasteiger partial charge in [0.1, 0.15) is 11.5 Å². The molecule has 3 heteroatoms. The molecule has 3 nitrogen and oxygen atoms in total. The predicted molar refractivity (Wildman–Crippen MR) is 68.5 cm³/mol. The van der Waals surface area contributed by atoms with Gasteiger partial charge in [0.25, 0.3) is 0 Å². The summed E-state index contributed by atoms with van der Waals surface area (Å²) < 4.78 is 5.70. The molecule has 0 aromatic heterocycles. The van der Waals surface area contributed by atoms with Gasteiger partial charge in [-0.2, -0.15) is 0 Å². The van der Waals surface area contributed by atoms with E-state index in [0.717, 1.165) is 17.2 Å². The largest absolute Gasteiger partial charge is 0.457 e. The Bertz CT molecular complexity index is 457. The SMILES string of the molecule is OCCNc1cccc(Oc2ccccc2)c1. The molecule has 2 N–H and O–H groups in total. The molecule has 0 unspecified atom stereocenters. The standard InChI is InChI=1S/C14H15NO2/c16-10-9-15-12-5-4-8-14(11-12)17-13-6-2-1-3-7-13/h1-8,11,15-16H,9-10H2. The Morgan fingerprint density at radius 1 is 0.941 bits per heavy atom. The van der Waals surface area contributed by atoms with Gasteiger partial charge < -0.3 is 15.2 Å². The van der Waals surface area contributed by atoms with E-state index in [1.165, 1.54) is 0 Å². The minimum atomic E-state index is 0.115. The van der Waals surface area contributed by atoms with Gasteiger partial charge in [-0.1, -0.05) is 24.3 Å². The summed E-state index contributed by atoms with van der Waals surface area (Å²) in [5.41, 5.74) is 0.937. The number of benzene rings is 2. The minimum Gasteiger partial charge on any atom is -0.457 e. The van der Waals surface area contributed by atoms with Gasteiger partial charge in [-0.3, -0.25) is 0 Å². The predicted octanol–water partition coefficient (Wildman–Crippen LogP) is 2.88. The molecule has 0 aliphatic heterocycles. The second-order valence-corrected chi connectivity index (χ2v) is 3.59. The Kier molecular flexibility index (Phi) is 4.00. The van der Waals surface area contributed by atoms with Gasteiger partial charge in [-0.15, -0.1) is 0 Å². The van der Waals surface area contributed by atoms with Crippen LogP contribution in [-0.4, -0.2) is 18.3 Å². The van der Waals surface area contributed by atoms with E-state index in [-0.39, 0.29) is 6.61 Å². The Labute approximate surface area is 101 Å². The molecule has 2 rings (SSSR count). The third kappa shape index (κ3) is 3.50. The van der Waals surface area contributed by atoms with Crippen LogP contribution in [-0.2, 0) is 0 Å². The molecule has 0 radical (unpaired) electrons. The van der Waals surface area contributed by atoms with Crippen molar-refractivity contribution in [3.05, 3.63) is 54.6 Å². The van der Waals surface area contributed by atoms with E-state index in [2.05, 4.69) is 5.32 Å². The number of aliphatic hydroxyl groups is 1. The lowest BCUT2D eigenvalue weighted by Gasteiger charge is -2.08. The van der Waals surface area contributed by atoms with Crippen molar-refractivity contribution in [1.29, 1.82) is 0 Å². The summed E-state index contributed by atoms with van der Waals surface area (Å²) in [5.74, 6) is 1.59. The number of ether oxygens (including phenoxy) is 1. The molecule has 0 amide bonds. The molecule has 2 aromatic carbocycles. The van der Waals surface area contributed by atoms with Crippen LogP contribution in [0.15, 0.2) is 54.6 Å². The zero-order valence-electron chi connectivity index (χ0n) is 9.47. The second kappa shape index (κ2) is 5.92. The Morgan fingerprint density at radius 3 is 2.47 bits per heavy atom. The summed E-state index contributed by atoms with van der Waals surface area (Å²) in [6, 6.07) is 17.3. The topological polar surface area (TPSA) is 41.5 Å². The monoisotopic (exact) mass is 229 g/mol. The van der Waals surface area contributed by atoms with Gasteiger partial charge >= 0.3 is 0 Å². The van der Waals surface area contributed by atoms with Crippen molar-refractivity contribution in [1.82, 2.24) is 0 Å². The molecular formula is C14H15NO2. The molecule has 17 heavy (non-hydrogen) atoms. The lowest BCUT2D eigenvalue weighted by atomic mass is 10.3. The van der Waals surface area contributed by atoms with Crippen LogP contribution in [0.2, 0.25) is 0 Å². The number of anilines is 1. The minimum absolute atomic E-state index is 0.115. The first-order chi connectivity index (χ1) is 8.38. The number of para-hydroxylation sites is 1. The Morgan fingerprint density at radius 2 is 1.71 bits per heavy atom. The van der Waals surface area contributed by atoms with E-state index in [0.29, 0.717) is 6.54 Å². The normalized spacial score (nSPS) is 9.94. The number of hydrogen-bond acceptors (Lipinski definition) is 3. The first kappa shape index (κ1) is 11.5. The van der Waals surface area contributed by atoms with Gasteiger partial charge in [0, 0.05) is 18.3 Å². The van der Waals surface area contributed by atoms with Crippen LogP contribution in [0.1, 0.15) is 0 Å². The molecule has 0 heterocycles. The zero-order chi connectivity index (χ0) is 11.9. The molecule has 88 valence electrons. The van der Waals surface area contributed by atoms with Crippen molar-refractivity contribution < 1.29 is 9.84 Å². The van der Waals surface area contributed by atoms with Crippen LogP contribution in [0.4, 0.5) is 5.69 Å². The molecule has 0 spiro atoms. The quantitative estimate of drug-likeness (QED) is 0.828. The fraction of sp³-hybridized carbons (Fsp3) is 0.143. The fourth-order valence-corrected chi connectivity index (χ4v) is 1.49. The lowest BCUT2D eigenvalue weighted by molar-refractivity contribution is 0.311. The summed E-state index contributed by atoms with van der Waals surface area (Å²) in [6.45, 7) is 0.651. The number of hydrogen-bond donors (Lipinski definition) is 2. The molecule has 0 fully saturated rings. The Balaban J connectivity index is 2.06. The molecular weight excluding hydrogens is 214 g/mol. The molecule has 0 saturated heterocycles. The van der Waals surface area contributed by atoms with Gasteiger partial charge in [0.05, 0.1) is 6.61 Å². The highest BCUT2D eigenvalue weighted by molar-refractivity contribution is 5.49. The van der Waals surface area contributed by atoms with E-state index in [9.17, 15) is 0 Å². The van der Waals surface area contributed by atoms with Crippen molar-refractivity contribution in [3.63, 3.8) is 0 Å². The van der Waals surface area contributed by atoms with Gasteiger partial charge in [0.2, 0.25) is 0 Å². The molecule has 0 bridgehead atoms. The van der Waals surface area contributed by atoms with Crippen molar-refractivity contribution in [2.45, 2.75) is 0 Å². The van der Waals surface area contributed by atoms with Gasteiger partial charge in [-0.05, 0) is 24.3 Å². The van der Waals surface area contributed by atoms with E-state index >= 15 is 0 Å².